The first-order valence-corrected chi connectivity index (χ1v) is 11.5. The molecule has 1 aromatic heterocycles. The van der Waals surface area contributed by atoms with Crippen LogP contribution in [0, 0.1) is 0 Å². The minimum atomic E-state index is -4.12. The van der Waals surface area contributed by atoms with Crippen molar-refractivity contribution in [1.29, 1.82) is 0 Å². The Morgan fingerprint density at radius 1 is 1.00 bits per heavy atom. The number of sulfonamides is 1. The van der Waals surface area contributed by atoms with Gasteiger partial charge < -0.3 is 5.73 Å². The Kier molecular flexibility index (Phi) is 5.82. The Morgan fingerprint density at radius 2 is 1.69 bits per heavy atom. The molecule has 0 fully saturated rings. The molecule has 0 bridgehead atoms. The quantitative estimate of drug-likeness (QED) is 0.438. The number of nitrogens with one attached hydrogen (secondary N) is 1. The zero-order valence-electron chi connectivity index (χ0n) is 17.0. The maximum Gasteiger partial charge on any atom is 0.264 e. The summed E-state index contributed by atoms with van der Waals surface area (Å²) in [6, 6.07) is 16.8. The Morgan fingerprint density at radius 3 is 2.41 bits per heavy atom. The summed E-state index contributed by atoms with van der Waals surface area (Å²) in [6.45, 7) is 1.91. The van der Waals surface area contributed by atoms with Crippen LogP contribution in [-0.4, -0.2) is 24.3 Å². The van der Waals surface area contributed by atoms with Crippen molar-refractivity contribution in [2.75, 3.05) is 4.72 Å². The van der Waals surface area contributed by atoms with E-state index in [4.69, 9.17) is 17.3 Å². The number of carbonyl (C=O) groups excluding carboxylic acids is 1. The molecule has 0 spiro atoms. The molecule has 1 unspecified atom stereocenters. The monoisotopic (exact) mass is 466 g/mol. The van der Waals surface area contributed by atoms with Gasteiger partial charge in [-0.3, -0.25) is 19.5 Å². The number of hydrogen-bond donors (Lipinski definition) is 2. The van der Waals surface area contributed by atoms with Gasteiger partial charge in [0.1, 0.15) is 10.4 Å². The van der Waals surface area contributed by atoms with Crippen LogP contribution in [0.4, 0.5) is 5.69 Å². The van der Waals surface area contributed by atoms with E-state index in [1.165, 1.54) is 24.5 Å². The van der Waals surface area contributed by atoms with E-state index in [-0.39, 0.29) is 27.6 Å². The van der Waals surface area contributed by atoms with E-state index in [0.717, 1.165) is 5.56 Å². The molecular formula is C23H19ClN4O3S. The highest BCUT2D eigenvalue weighted by Crippen LogP contribution is 2.35. The number of halogens is 1. The Bertz CT molecular complexity index is 1420. The molecule has 0 saturated heterocycles. The summed E-state index contributed by atoms with van der Waals surface area (Å²) in [7, 11) is -4.12. The van der Waals surface area contributed by atoms with Gasteiger partial charge in [-0.1, -0.05) is 48.9 Å². The van der Waals surface area contributed by atoms with E-state index in [0.29, 0.717) is 16.1 Å². The molecule has 0 saturated carbocycles. The summed E-state index contributed by atoms with van der Waals surface area (Å²) in [5.41, 5.74) is 7.93. The van der Waals surface area contributed by atoms with Crippen LogP contribution in [0.25, 0.3) is 11.0 Å². The van der Waals surface area contributed by atoms with Crippen LogP contribution in [0.2, 0.25) is 5.02 Å². The van der Waals surface area contributed by atoms with E-state index in [1.807, 2.05) is 19.1 Å². The molecule has 4 rings (SSSR count). The van der Waals surface area contributed by atoms with E-state index in [1.54, 1.807) is 36.4 Å². The predicted octanol–water partition coefficient (Wildman–Crippen LogP) is 4.33. The molecule has 32 heavy (non-hydrogen) atoms. The molecule has 0 aliphatic carbocycles. The topological polar surface area (TPSA) is 115 Å². The van der Waals surface area contributed by atoms with Crippen molar-refractivity contribution in [3.05, 3.63) is 94.8 Å². The van der Waals surface area contributed by atoms with Gasteiger partial charge in [0.15, 0.2) is 0 Å². The first-order valence-electron chi connectivity index (χ1n) is 9.68. The number of para-hydroxylation sites is 2. The smallest absolute Gasteiger partial charge is 0.264 e. The molecule has 0 aliphatic rings. The Hall–Kier alpha value is -3.49. The van der Waals surface area contributed by atoms with Crippen LogP contribution < -0.4 is 10.5 Å². The van der Waals surface area contributed by atoms with Crippen molar-refractivity contribution in [2.45, 2.75) is 17.7 Å². The second-order valence-corrected chi connectivity index (χ2v) is 9.28. The average molecular weight is 467 g/mol. The van der Waals surface area contributed by atoms with Gasteiger partial charge in [-0.05, 0) is 41.5 Å². The maximum atomic E-state index is 13.4. The molecular weight excluding hydrogens is 448 g/mol. The van der Waals surface area contributed by atoms with Gasteiger partial charge in [0.05, 0.1) is 16.8 Å². The van der Waals surface area contributed by atoms with Crippen LogP contribution in [0.1, 0.15) is 34.3 Å². The molecule has 162 valence electrons. The number of primary amides is 1. The number of aromatic nitrogens is 2. The largest absolute Gasteiger partial charge is 0.366 e. The van der Waals surface area contributed by atoms with Crippen LogP contribution in [-0.2, 0) is 10.0 Å². The molecule has 3 aromatic carbocycles. The summed E-state index contributed by atoms with van der Waals surface area (Å²) in [6.07, 6.45) is 2.91. The lowest BCUT2D eigenvalue weighted by Gasteiger charge is -2.20. The SMILES string of the molecule is CC(c1ccc(Cl)cc1)c1cccc(C(N)=O)c1NS(=O)(=O)c1cccc2nccnc12. The van der Waals surface area contributed by atoms with Crippen LogP contribution in [0.3, 0.4) is 0 Å². The summed E-state index contributed by atoms with van der Waals surface area (Å²) >= 11 is 6.00. The van der Waals surface area contributed by atoms with Gasteiger partial charge in [0.2, 0.25) is 0 Å². The number of carbonyl (C=O) groups is 1. The zero-order valence-corrected chi connectivity index (χ0v) is 18.6. The van der Waals surface area contributed by atoms with Gasteiger partial charge in [0, 0.05) is 23.3 Å². The number of rotatable bonds is 6. The molecule has 1 amide bonds. The highest BCUT2D eigenvalue weighted by atomic mass is 35.5. The van der Waals surface area contributed by atoms with Gasteiger partial charge in [0.25, 0.3) is 15.9 Å². The lowest BCUT2D eigenvalue weighted by molar-refractivity contribution is 0.100. The van der Waals surface area contributed by atoms with Crippen molar-refractivity contribution < 1.29 is 13.2 Å². The number of amides is 1. The third-order valence-electron chi connectivity index (χ3n) is 5.19. The fourth-order valence-corrected chi connectivity index (χ4v) is 4.96. The van der Waals surface area contributed by atoms with Crippen molar-refractivity contribution in [2.24, 2.45) is 5.73 Å². The number of anilines is 1. The van der Waals surface area contributed by atoms with E-state index >= 15 is 0 Å². The van der Waals surface area contributed by atoms with Crippen LogP contribution in [0.5, 0.6) is 0 Å². The van der Waals surface area contributed by atoms with Gasteiger partial charge in [-0.15, -0.1) is 0 Å². The van der Waals surface area contributed by atoms with Crippen LogP contribution in [0.15, 0.2) is 78.0 Å². The van der Waals surface area contributed by atoms with Gasteiger partial charge in [-0.2, -0.15) is 0 Å². The zero-order chi connectivity index (χ0) is 22.9. The highest BCUT2D eigenvalue weighted by Gasteiger charge is 2.25. The normalized spacial score (nSPS) is 12.4. The summed E-state index contributed by atoms with van der Waals surface area (Å²) in [5.74, 6) is -0.998. The average Bonchev–Trinajstić information content (AvgIpc) is 2.78. The molecule has 9 heteroatoms. The molecule has 0 aliphatic heterocycles. The Labute approximate surface area is 190 Å². The molecule has 4 aromatic rings. The number of hydrogen-bond acceptors (Lipinski definition) is 5. The molecule has 3 N–H and O–H groups in total. The molecule has 1 heterocycles. The number of nitrogens with zero attached hydrogens (tertiary/aromatic N) is 2. The molecule has 0 radical (unpaired) electrons. The van der Waals surface area contributed by atoms with Crippen molar-refractivity contribution in [3.63, 3.8) is 0 Å². The second kappa shape index (κ2) is 8.57. The van der Waals surface area contributed by atoms with E-state index < -0.39 is 15.9 Å². The lowest BCUT2D eigenvalue weighted by atomic mass is 9.90. The summed E-state index contributed by atoms with van der Waals surface area (Å²) in [4.78, 5) is 20.4. The summed E-state index contributed by atoms with van der Waals surface area (Å²) < 4.78 is 29.4. The standard InChI is InChI=1S/C23H19ClN4O3S/c1-14(15-8-10-16(24)11-9-15)17-4-2-5-18(23(25)29)21(17)28-32(30,31)20-7-3-6-19-22(20)27-13-12-26-19/h2-14,28H,1H3,(H2,25,29). The first kappa shape index (κ1) is 21.7. The van der Waals surface area contributed by atoms with Gasteiger partial charge in [-0.25, -0.2) is 8.42 Å². The van der Waals surface area contributed by atoms with Crippen LogP contribution >= 0.6 is 11.6 Å². The van der Waals surface area contributed by atoms with E-state index in [9.17, 15) is 13.2 Å². The number of fused-ring (bicyclic) bond motifs is 1. The minimum Gasteiger partial charge on any atom is -0.366 e. The molecule has 7 nitrogen and oxygen atoms in total. The third-order valence-corrected chi connectivity index (χ3v) is 6.82. The Balaban J connectivity index is 1.85. The fraction of sp³-hybridized carbons (Fsp3) is 0.0870. The first-order chi connectivity index (χ1) is 15.3. The summed E-state index contributed by atoms with van der Waals surface area (Å²) in [5, 5.41) is 0.588. The maximum absolute atomic E-state index is 13.4. The second-order valence-electron chi connectivity index (χ2n) is 7.19. The number of benzene rings is 3. The van der Waals surface area contributed by atoms with Crippen molar-refractivity contribution >= 4 is 44.3 Å². The third kappa shape index (κ3) is 4.15. The van der Waals surface area contributed by atoms with E-state index in [2.05, 4.69) is 14.7 Å². The number of nitrogens with two attached hydrogens (primary N) is 1. The lowest BCUT2D eigenvalue weighted by Crippen LogP contribution is -2.21. The predicted molar refractivity (Wildman–Crippen MR) is 124 cm³/mol. The minimum absolute atomic E-state index is 0.0486. The highest BCUT2D eigenvalue weighted by molar-refractivity contribution is 7.93. The fourth-order valence-electron chi connectivity index (χ4n) is 3.55. The van der Waals surface area contributed by atoms with Crippen molar-refractivity contribution in [3.8, 4) is 0 Å². The van der Waals surface area contributed by atoms with Crippen molar-refractivity contribution in [1.82, 2.24) is 9.97 Å². The molecule has 1 atom stereocenters. The van der Waals surface area contributed by atoms with Gasteiger partial charge >= 0.3 is 0 Å².